The summed E-state index contributed by atoms with van der Waals surface area (Å²) in [7, 11) is 3.06. The lowest BCUT2D eigenvalue weighted by atomic mass is 10.2. The van der Waals surface area contributed by atoms with E-state index in [1.165, 1.54) is 20.3 Å². The molecule has 0 aliphatic heterocycles. The Morgan fingerprint density at radius 1 is 1.00 bits per heavy atom. The first kappa shape index (κ1) is 15.5. The predicted octanol–water partition coefficient (Wildman–Crippen LogP) is 3.36. The molecule has 0 aliphatic carbocycles. The number of hydrogen-bond donors (Lipinski definition) is 3. The average Bonchev–Trinajstić information content (AvgIpc) is 2.50. The number of carbonyl (C=O) groups excluding carboxylic acids is 1. The van der Waals surface area contributed by atoms with Crippen molar-refractivity contribution in [2.45, 2.75) is 6.92 Å². The van der Waals surface area contributed by atoms with E-state index in [0.29, 0.717) is 22.9 Å². The lowest BCUT2D eigenvalue weighted by molar-refractivity contribution is 0.262. The third-order valence-electron chi connectivity index (χ3n) is 3.01. The number of urea groups is 1. The van der Waals surface area contributed by atoms with Crippen LogP contribution >= 0.6 is 0 Å². The van der Waals surface area contributed by atoms with Crippen LogP contribution in [0.4, 0.5) is 16.2 Å². The summed E-state index contributed by atoms with van der Waals surface area (Å²) in [6.45, 7) is 1.87. The molecule has 3 N–H and O–H groups in total. The number of amides is 2. The van der Waals surface area contributed by atoms with Crippen molar-refractivity contribution in [1.82, 2.24) is 0 Å². The van der Waals surface area contributed by atoms with Gasteiger partial charge in [-0.05, 0) is 24.6 Å². The molecule has 0 spiro atoms. The SMILES string of the molecule is COc1cc(NC(=O)Nc2cc(C)ccc2O)cc(OC)c1. The maximum atomic E-state index is 12.0. The molecule has 0 heterocycles. The van der Waals surface area contributed by atoms with E-state index >= 15 is 0 Å². The van der Waals surface area contributed by atoms with Crippen LogP contribution in [-0.2, 0) is 0 Å². The summed E-state index contributed by atoms with van der Waals surface area (Å²) in [5.41, 5.74) is 1.78. The normalized spacial score (nSPS) is 9.95. The van der Waals surface area contributed by atoms with Crippen molar-refractivity contribution in [3.05, 3.63) is 42.0 Å². The van der Waals surface area contributed by atoms with Crippen LogP contribution in [0.5, 0.6) is 17.2 Å². The molecule has 0 atom stereocenters. The molecule has 116 valence electrons. The molecule has 2 aromatic carbocycles. The smallest absolute Gasteiger partial charge is 0.323 e. The van der Waals surface area contributed by atoms with E-state index in [4.69, 9.17) is 9.47 Å². The van der Waals surface area contributed by atoms with Gasteiger partial charge in [0.2, 0.25) is 0 Å². The van der Waals surface area contributed by atoms with Crippen molar-refractivity contribution in [2.24, 2.45) is 0 Å². The van der Waals surface area contributed by atoms with Gasteiger partial charge in [0.1, 0.15) is 17.2 Å². The fourth-order valence-corrected chi connectivity index (χ4v) is 1.91. The number of phenols is 1. The molecule has 6 heteroatoms. The van der Waals surface area contributed by atoms with Gasteiger partial charge in [-0.1, -0.05) is 6.07 Å². The van der Waals surface area contributed by atoms with E-state index in [0.717, 1.165) is 5.56 Å². The van der Waals surface area contributed by atoms with Gasteiger partial charge >= 0.3 is 6.03 Å². The van der Waals surface area contributed by atoms with Crippen LogP contribution in [0.15, 0.2) is 36.4 Å². The van der Waals surface area contributed by atoms with Crippen LogP contribution < -0.4 is 20.1 Å². The number of hydrogen-bond acceptors (Lipinski definition) is 4. The summed E-state index contributed by atoms with van der Waals surface area (Å²) >= 11 is 0. The molecule has 6 nitrogen and oxygen atoms in total. The second-order valence-corrected chi connectivity index (χ2v) is 4.70. The zero-order valence-electron chi connectivity index (χ0n) is 12.6. The van der Waals surface area contributed by atoms with Gasteiger partial charge in [0.15, 0.2) is 0 Å². The number of carbonyl (C=O) groups is 1. The van der Waals surface area contributed by atoms with E-state index in [1.807, 2.05) is 6.92 Å². The number of nitrogens with one attached hydrogen (secondary N) is 2. The van der Waals surface area contributed by atoms with Crippen LogP contribution in [0.2, 0.25) is 0 Å². The summed E-state index contributed by atoms with van der Waals surface area (Å²) in [6.07, 6.45) is 0. The monoisotopic (exact) mass is 302 g/mol. The molecule has 2 aromatic rings. The minimum Gasteiger partial charge on any atom is -0.506 e. The van der Waals surface area contributed by atoms with E-state index in [-0.39, 0.29) is 5.75 Å². The van der Waals surface area contributed by atoms with Gasteiger partial charge in [-0.3, -0.25) is 0 Å². The molecule has 0 radical (unpaired) electrons. The first-order chi connectivity index (χ1) is 10.5. The molecule has 0 unspecified atom stereocenters. The van der Waals surface area contributed by atoms with Crippen molar-refractivity contribution in [1.29, 1.82) is 0 Å². The van der Waals surface area contributed by atoms with Gasteiger partial charge < -0.3 is 25.2 Å². The van der Waals surface area contributed by atoms with Crippen molar-refractivity contribution < 1.29 is 19.4 Å². The highest BCUT2D eigenvalue weighted by atomic mass is 16.5. The van der Waals surface area contributed by atoms with E-state index in [9.17, 15) is 9.90 Å². The Kier molecular flexibility index (Phi) is 4.73. The maximum Gasteiger partial charge on any atom is 0.323 e. The van der Waals surface area contributed by atoms with Gasteiger partial charge in [0.05, 0.1) is 19.9 Å². The Hall–Kier alpha value is -2.89. The first-order valence-corrected chi connectivity index (χ1v) is 6.62. The summed E-state index contributed by atoms with van der Waals surface area (Å²) < 4.78 is 10.3. The largest absolute Gasteiger partial charge is 0.506 e. The number of rotatable bonds is 4. The molecule has 2 amide bonds. The molecular weight excluding hydrogens is 284 g/mol. The highest BCUT2D eigenvalue weighted by Gasteiger charge is 2.09. The predicted molar refractivity (Wildman–Crippen MR) is 85.0 cm³/mol. The highest BCUT2D eigenvalue weighted by molar-refractivity contribution is 6.00. The first-order valence-electron chi connectivity index (χ1n) is 6.62. The summed E-state index contributed by atoms with van der Waals surface area (Å²) in [5.74, 6) is 1.13. The topological polar surface area (TPSA) is 79.8 Å². The Morgan fingerprint density at radius 3 is 2.23 bits per heavy atom. The quantitative estimate of drug-likeness (QED) is 0.757. The Labute approximate surface area is 128 Å². The second kappa shape index (κ2) is 6.71. The molecule has 0 saturated carbocycles. The van der Waals surface area contributed by atoms with Gasteiger partial charge in [-0.2, -0.15) is 0 Å². The van der Waals surface area contributed by atoms with Crippen LogP contribution in [0.1, 0.15) is 5.56 Å². The number of phenolic OH excluding ortho intramolecular Hbond substituents is 1. The molecular formula is C16H18N2O4. The maximum absolute atomic E-state index is 12.0. The molecule has 0 fully saturated rings. The van der Waals surface area contributed by atoms with Crippen LogP contribution in [0.3, 0.4) is 0 Å². The van der Waals surface area contributed by atoms with E-state index in [2.05, 4.69) is 10.6 Å². The molecule has 0 saturated heterocycles. The Balaban J connectivity index is 2.13. The van der Waals surface area contributed by atoms with Gasteiger partial charge in [0, 0.05) is 23.9 Å². The number of ether oxygens (including phenoxy) is 2. The highest BCUT2D eigenvalue weighted by Crippen LogP contribution is 2.27. The third-order valence-corrected chi connectivity index (χ3v) is 3.01. The molecule has 0 aromatic heterocycles. The number of benzene rings is 2. The third kappa shape index (κ3) is 3.82. The minimum absolute atomic E-state index is 0.00368. The molecule has 2 rings (SSSR count). The minimum atomic E-state index is -0.476. The fraction of sp³-hybridized carbons (Fsp3) is 0.188. The number of aryl methyl sites for hydroxylation is 1. The molecule has 22 heavy (non-hydrogen) atoms. The van der Waals surface area contributed by atoms with Crippen molar-refractivity contribution in [2.75, 3.05) is 24.9 Å². The zero-order valence-corrected chi connectivity index (χ0v) is 12.6. The standard InChI is InChI=1S/C16H18N2O4/c1-10-4-5-15(19)14(6-10)18-16(20)17-11-7-12(21-2)9-13(8-11)22-3/h4-9,19H,1-3H3,(H2,17,18,20). The lowest BCUT2D eigenvalue weighted by Gasteiger charge is -2.12. The van der Waals surface area contributed by atoms with E-state index < -0.39 is 6.03 Å². The Bertz CT molecular complexity index is 664. The number of anilines is 2. The van der Waals surface area contributed by atoms with Crippen molar-refractivity contribution in [3.63, 3.8) is 0 Å². The summed E-state index contributed by atoms with van der Waals surface area (Å²) in [6, 6.07) is 9.52. The Morgan fingerprint density at radius 2 is 1.64 bits per heavy atom. The van der Waals surface area contributed by atoms with Gasteiger partial charge in [0.25, 0.3) is 0 Å². The molecule has 0 bridgehead atoms. The van der Waals surface area contributed by atoms with Crippen molar-refractivity contribution in [3.8, 4) is 17.2 Å². The van der Waals surface area contributed by atoms with Crippen LogP contribution in [0, 0.1) is 6.92 Å². The summed E-state index contributed by atoms with van der Waals surface area (Å²) in [4.78, 5) is 12.0. The van der Waals surface area contributed by atoms with Gasteiger partial charge in [-0.15, -0.1) is 0 Å². The van der Waals surface area contributed by atoms with Crippen LogP contribution in [-0.4, -0.2) is 25.4 Å². The van der Waals surface area contributed by atoms with Crippen LogP contribution in [0.25, 0.3) is 0 Å². The fourth-order valence-electron chi connectivity index (χ4n) is 1.91. The van der Waals surface area contributed by atoms with E-state index in [1.54, 1.807) is 30.3 Å². The van der Waals surface area contributed by atoms with Crippen molar-refractivity contribution >= 4 is 17.4 Å². The zero-order chi connectivity index (χ0) is 16.1. The summed E-state index contributed by atoms with van der Waals surface area (Å²) in [5, 5.41) is 15.0. The second-order valence-electron chi connectivity index (χ2n) is 4.70. The number of methoxy groups -OCH3 is 2. The average molecular weight is 302 g/mol. The lowest BCUT2D eigenvalue weighted by Crippen LogP contribution is -2.19. The number of aromatic hydroxyl groups is 1. The molecule has 0 aliphatic rings. The van der Waals surface area contributed by atoms with Gasteiger partial charge in [-0.25, -0.2) is 4.79 Å².